The number of hydrogen-bond acceptors (Lipinski definition) is 3. The Bertz CT molecular complexity index is 827. The van der Waals surface area contributed by atoms with E-state index in [-0.39, 0.29) is 0 Å². The quantitative estimate of drug-likeness (QED) is 0.646. The molecule has 0 aliphatic carbocycles. The molecule has 2 aromatic heterocycles. The Morgan fingerprint density at radius 3 is 2.36 bits per heavy atom. The third kappa shape index (κ3) is 3.85. The van der Waals surface area contributed by atoms with E-state index in [1.807, 2.05) is 12.1 Å². The largest absolute Gasteiger partial charge is 0.399 e. The summed E-state index contributed by atoms with van der Waals surface area (Å²) in [4.78, 5) is 7.46. The van der Waals surface area contributed by atoms with E-state index < -0.39 is 0 Å². The van der Waals surface area contributed by atoms with Crippen LogP contribution in [-0.2, 0) is 6.54 Å². The number of pyridine rings is 1. The summed E-state index contributed by atoms with van der Waals surface area (Å²) in [6.45, 7) is 9.70. The van der Waals surface area contributed by atoms with Gasteiger partial charge in [-0.25, -0.2) is 4.98 Å². The van der Waals surface area contributed by atoms with Crippen LogP contribution in [0.5, 0.6) is 0 Å². The molecule has 0 fully saturated rings. The van der Waals surface area contributed by atoms with Crippen molar-refractivity contribution in [2.45, 2.75) is 40.2 Å². The molecule has 3 aromatic rings. The Morgan fingerprint density at radius 1 is 1.04 bits per heavy atom. The molecule has 0 saturated carbocycles. The minimum absolute atomic E-state index is 0.781. The van der Waals surface area contributed by atoms with Gasteiger partial charge in [-0.3, -0.25) is 4.90 Å². The highest BCUT2D eigenvalue weighted by atomic mass is 15.1. The van der Waals surface area contributed by atoms with Gasteiger partial charge in [0.25, 0.3) is 0 Å². The fourth-order valence-electron chi connectivity index (χ4n) is 3.33. The molecule has 0 amide bonds. The van der Waals surface area contributed by atoms with Crippen molar-refractivity contribution in [2.24, 2.45) is 0 Å². The van der Waals surface area contributed by atoms with Crippen LogP contribution in [0, 0.1) is 6.92 Å². The molecule has 0 spiro atoms. The summed E-state index contributed by atoms with van der Waals surface area (Å²) in [6.07, 6.45) is 4.46. The molecule has 132 valence electrons. The monoisotopic (exact) mass is 336 g/mol. The van der Waals surface area contributed by atoms with Crippen LogP contribution in [0.1, 0.15) is 37.9 Å². The van der Waals surface area contributed by atoms with Crippen molar-refractivity contribution in [2.75, 3.05) is 18.8 Å². The molecular weight excluding hydrogens is 308 g/mol. The Hall–Kier alpha value is -2.33. The van der Waals surface area contributed by atoms with Gasteiger partial charge >= 0.3 is 0 Å². The van der Waals surface area contributed by atoms with Gasteiger partial charge in [-0.15, -0.1) is 0 Å². The van der Waals surface area contributed by atoms with E-state index in [1.54, 1.807) is 0 Å². The molecule has 0 aliphatic heterocycles. The minimum Gasteiger partial charge on any atom is -0.399 e. The SMILES string of the molecule is CCCN(CCC)Cc1c(-c2ccc(N)cc2)nc2cc(C)ccn12. The van der Waals surface area contributed by atoms with Gasteiger partial charge in [0.15, 0.2) is 0 Å². The van der Waals surface area contributed by atoms with Crippen LogP contribution < -0.4 is 5.73 Å². The van der Waals surface area contributed by atoms with Gasteiger partial charge in [0, 0.05) is 24.0 Å². The third-order valence-electron chi connectivity index (χ3n) is 4.52. The van der Waals surface area contributed by atoms with Crippen LogP contribution in [0.25, 0.3) is 16.9 Å². The van der Waals surface area contributed by atoms with Gasteiger partial charge in [0.05, 0.1) is 11.4 Å². The lowest BCUT2D eigenvalue weighted by molar-refractivity contribution is 0.263. The van der Waals surface area contributed by atoms with Crippen molar-refractivity contribution in [1.29, 1.82) is 0 Å². The highest BCUT2D eigenvalue weighted by Gasteiger charge is 2.16. The highest BCUT2D eigenvalue weighted by molar-refractivity contribution is 5.68. The number of nitrogens with two attached hydrogens (primary N) is 1. The van der Waals surface area contributed by atoms with Gasteiger partial charge < -0.3 is 10.1 Å². The Balaban J connectivity index is 2.09. The van der Waals surface area contributed by atoms with Crippen molar-refractivity contribution in [3.63, 3.8) is 0 Å². The predicted octanol–water partition coefficient (Wildman–Crippen LogP) is 4.51. The molecule has 1 aromatic carbocycles. The van der Waals surface area contributed by atoms with Crippen LogP contribution in [0.4, 0.5) is 5.69 Å². The summed E-state index contributed by atoms with van der Waals surface area (Å²) in [5.41, 5.74) is 12.3. The van der Waals surface area contributed by atoms with E-state index >= 15 is 0 Å². The van der Waals surface area contributed by atoms with Crippen molar-refractivity contribution < 1.29 is 0 Å². The zero-order valence-electron chi connectivity index (χ0n) is 15.5. The summed E-state index contributed by atoms with van der Waals surface area (Å²) >= 11 is 0. The molecule has 0 atom stereocenters. The minimum atomic E-state index is 0.781. The first-order valence-electron chi connectivity index (χ1n) is 9.18. The maximum atomic E-state index is 5.86. The lowest BCUT2D eigenvalue weighted by Gasteiger charge is -2.21. The molecule has 4 nitrogen and oxygen atoms in total. The molecule has 4 heteroatoms. The second kappa shape index (κ2) is 7.70. The Morgan fingerprint density at radius 2 is 1.72 bits per heavy atom. The summed E-state index contributed by atoms with van der Waals surface area (Å²) in [7, 11) is 0. The van der Waals surface area contributed by atoms with E-state index in [1.165, 1.54) is 11.3 Å². The highest BCUT2D eigenvalue weighted by Crippen LogP contribution is 2.27. The lowest BCUT2D eigenvalue weighted by Crippen LogP contribution is -2.25. The molecular formula is C21H28N4. The standard InChI is InChI=1S/C21H28N4/c1-4-11-24(12-5-2)15-19-21(17-6-8-18(22)9-7-17)23-20-14-16(3)10-13-25(19)20/h6-10,13-14H,4-5,11-12,15,22H2,1-3H3. The number of anilines is 1. The Labute approximate surface area is 150 Å². The van der Waals surface area contributed by atoms with Crippen LogP contribution in [0.3, 0.4) is 0 Å². The van der Waals surface area contributed by atoms with Crippen molar-refractivity contribution in [3.05, 3.63) is 53.9 Å². The van der Waals surface area contributed by atoms with Crippen molar-refractivity contribution in [1.82, 2.24) is 14.3 Å². The number of hydrogen-bond donors (Lipinski definition) is 1. The Kier molecular flexibility index (Phi) is 5.39. The maximum Gasteiger partial charge on any atom is 0.137 e. The van der Waals surface area contributed by atoms with E-state index in [2.05, 4.69) is 60.5 Å². The second-order valence-electron chi connectivity index (χ2n) is 6.74. The summed E-state index contributed by atoms with van der Waals surface area (Å²) in [6, 6.07) is 12.3. The molecule has 3 rings (SSSR count). The summed E-state index contributed by atoms with van der Waals surface area (Å²) < 4.78 is 2.23. The van der Waals surface area contributed by atoms with Crippen LogP contribution >= 0.6 is 0 Å². The van der Waals surface area contributed by atoms with Gasteiger partial charge in [0.2, 0.25) is 0 Å². The molecule has 0 bridgehead atoms. The molecule has 0 saturated heterocycles. The fraction of sp³-hybridized carbons (Fsp3) is 0.381. The third-order valence-corrected chi connectivity index (χ3v) is 4.52. The van der Waals surface area contributed by atoms with Gasteiger partial charge in [-0.05, 0) is 62.7 Å². The van der Waals surface area contributed by atoms with Gasteiger partial charge in [-0.1, -0.05) is 26.0 Å². The zero-order valence-corrected chi connectivity index (χ0v) is 15.5. The molecule has 0 aliphatic rings. The zero-order chi connectivity index (χ0) is 17.8. The molecule has 25 heavy (non-hydrogen) atoms. The first-order chi connectivity index (χ1) is 12.1. The summed E-state index contributed by atoms with van der Waals surface area (Å²) in [5.74, 6) is 0. The number of aromatic nitrogens is 2. The van der Waals surface area contributed by atoms with Crippen LogP contribution in [-0.4, -0.2) is 27.4 Å². The first-order valence-corrected chi connectivity index (χ1v) is 9.18. The molecule has 0 unspecified atom stereocenters. The van der Waals surface area contributed by atoms with Crippen molar-refractivity contribution in [3.8, 4) is 11.3 Å². The van der Waals surface area contributed by atoms with E-state index in [4.69, 9.17) is 10.7 Å². The second-order valence-corrected chi connectivity index (χ2v) is 6.74. The van der Waals surface area contributed by atoms with E-state index in [0.717, 1.165) is 55.1 Å². The van der Waals surface area contributed by atoms with E-state index in [0.29, 0.717) is 0 Å². The van der Waals surface area contributed by atoms with Gasteiger partial charge in [-0.2, -0.15) is 0 Å². The van der Waals surface area contributed by atoms with Gasteiger partial charge in [0.1, 0.15) is 5.65 Å². The van der Waals surface area contributed by atoms with E-state index in [9.17, 15) is 0 Å². The average molecular weight is 336 g/mol. The number of nitrogen functional groups attached to an aromatic ring is 1. The van der Waals surface area contributed by atoms with Crippen LogP contribution in [0.2, 0.25) is 0 Å². The molecule has 2 heterocycles. The number of aryl methyl sites for hydroxylation is 1. The fourth-order valence-corrected chi connectivity index (χ4v) is 3.33. The first kappa shape index (κ1) is 17.5. The number of fused-ring (bicyclic) bond motifs is 1. The smallest absolute Gasteiger partial charge is 0.137 e. The van der Waals surface area contributed by atoms with Crippen molar-refractivity contribution >= 4 is 11.3 Å². The van der Waals surface area contributed by atoms with Crippen LogP contribution in [0.15, 0.2) is 42.6 Å². The maximum absolute atomic E-state index is 5.86. The summed E-state index contributed by atoms with van der Waals surface area (Å²) in [5, 5.41) is 0. The average Bonchev–Trinajstić information content (AvgIpc) is 2.93. The number of rotatable bonds is 7. The number of nitrogens with zero attached hydrogens (tertiary/aromatic N) is 3. The molecule has 0 radical (unpaired) electrons. The number of benzene rings is 1. The number of imidazole rings is 1. The predicted molar refractivity (Wildman–Crippen MR) is 106 cm³/mol. The normalized spacial score (nSPS) is 11.5. The molecule has 2 N–H and O–H groups in total. The lowest BCUT2D eigenvalue weighted by atomic mass is 10.1. The topological polar surface area (TPSA) is 46.6 Å².